The monoisotopic (exact) mass is 269 g/mol. The van der Waals surface area contributed by atoms with Crippen molar-refractivity contribution in [1.82, 2.24) is 0 Å². The van der Waals surface area contributed by atoms with Crippen LogP contribution in [0.5, 0.6) is 0 Å². The topological polar surface area (TPSA) is 29.1 Å². The molecule has 0 saturated carbocycles. The van der Waals surface area contributed by atoms with Gasteiger partial charge < -0.3 is 5.32 Å². The van der Waals surface area contributed by atoms with Gasteiger partial charge in [0.05, 0.1) is 5.57 Å². The average Bonchev–Trinajstić information content (AvgIpc) is 2.75. The lowest BCUT2D eigenvalue weighted by atomic mass is 10.0. The summed E-state index contributed by atoms with van der Waals surface area (Å²) in [6.07, 6.45) is 0.569. The maximum atomic E-state index is 12.0. The van der Waals surface area contributed by atoms with Gasteiger partial charge in [-0.1, -0.05) is 60.1 Å². The van der Waals surface area contributed by atoms with E-state index in [1.54, 1.807) is 0 Å². The van der Waals surface area contributed by atoms with E-state index >= 15 is 0 Å². The first kappa shape index (κ1) is 12.0. The van der Waals surface area contributed by atoms with Crippen LogP contribution in [0.3, 0.4) is 0 Å². The Morgan fingerprint density at radius 2 is 1.68 bits per heavy atom. The zero-order valence-electron chi connectivity index (χ0n) is 10.2. The molecule has 0 bridgehead atoms. The molecule has 0 atom stereocenters. The number of anilines is 1. The molecule has 1 aliphatic heterocycles. The van der Waals surface area contributed by atoms with E-state index in [0.29, 0.717) is 17.0 Å². The lowest BCUT2D eigenvalue weighted by Gasteiger charge is -2.04. The number of carbonyl (C=O) groups is 1. The fraction of sp³-hybridized carbons (Fsp3) is 0.0625. The predicted octanol–water partition coefficient (Wildman–Crippen LogP) is 3.83. The summed E-state index contributed by atoms with van der Waals surface area (Å²) in [7, 11) is 0. The highest BCUT2D eigenvalue weighted by molar-refractivity contribution is 6.43. The normalized spacial score (nSPS) is 15.9. The molecule has 0 radical (unpaired) electrons. The van der Waals surface area contributed by atoms with Gasteiger partial charge in [-0.2, -0.15) is 0 Å². The summed E-state index contributed by atoms with van der Waals surface area (Å²) in [5, 5.41) is 3.41. The van der Waals surface area contributed by atoms with Crippen LogP contribution in [0.1, 0.15) is 11.1 Å². The van der Waals surface area contributed by atoms with Crippen molar-refractivity contribution in [2.45, 2.75) is 6.42 Å². The lowest BCUT2D eigenvalue weighted by molar-refractivity contribution is -0.110. The predicted molar refractivity (Wildman–Crippen MR) is 78.0 cm³/mol. The third-order valence-corrected chi connectivity index (χ3v) is 3.47. The Bertz CT molecular complexity index is 661. The number of nitrogens with one attached hydrogen (secondary N) is 1. The number of benzene rings is 2. The van der Waals surface area contributed by atoms with Crippen molar-refractivity contribution in [2.24, 2.45) is 0 Å². The Kier molecular flexibility index (Phi) is 3.10. The highest BCUT2D eigenvalue weighted by atomic mass is 35.5. The minimum absolute atomic E-state index is 0.123. The first-order valence-electron chi connectivity index (χ1n) is 6.09. The minimum Gasteiger partial charge on any atom is -0.321 e. The van der Waals surface area contributed by atoms with Gasteiger partial charge in [0.15, 0.2) is 0 Å². The van der Waals surface area contributed by atoms with Gasteiger partial charge in [0, 0.05) is 22.7 Å². The van der Waals surface area contributed by atoms with Crippen LogP contribution in [-0.2, 0) is 11.2 Å². The van der Waals surface area contributed by atoms with Gasteiger partial charge in [0.2, 0.25) is 0 Å². The number of halogens is 1. The molecular weight excluding hydrogens is 258 g/mol. The van der Waals surface area contributed by atoms with Crippen LogP contribution in [0.2, 0.25) is 0 Å². The van der Waals surface area contributed by atoms with E-state index < -0.39 is 0 Å². The first-order valence-corrected chi connectivity index (χ1v) is 6.47. The molecule has 0 aliphatic carbocycles. The minimum atomic E-state index is -0.123. The maximum Gasteiger partial charge on any atom is 0.257 e. The van der Waals surface area contributed by atoms with Crippen LogP contribution in [0.4, 0.5) is 5.69 Å². The van der Waals surface area contributed by atoms with E-state index in [-0.39, 0.29) is 5.91 Å². The molecule has 0 fully saturated rings. The number of fused-ring (bicyclic) bond motifs is 1. The third-order valence-electron chi connectivity index (χ3n) is 3.15. The summed E-state index contributed by atoms with van der Waals surface area (Å²) < 4.78 is 0. The van der Waals surface area contributed by atoms with Crippen LogP contribution in [0.25, 0.3) is 5.57 Å². The molecule has 1 heterocycles. The summed E-state index contributed by atoms with van der Waals surface area (Å²) >= 11 is 6.36. The van der Waals surface area contributed by atoms with Crippen molar-refractivity contribution < 1.29 is 4.79 Å². The third kappa shape index (κ3) is 2.27. The molecule has 0 unspecified atom stereocenters. The highest BCUT2D eigenvalue weighted by Crippen LogP contribution is 2.35. The molecule has 3 rings (SSSR count). The second-order valence-corrected chi connectivity index (χ2v) is 4.90. The molecule has 1 amide bonds. The van der Waals surface area contributed by atoms with Crippen LogP contribution in [-0.4, -0.2) is 5.91 Å². The molecule has 94 valence electrons. The van der Waals surface area contributed by atoms with Crippen molar-refractivity contribution in [3.63, 3.8) is 0 Å². The van der Waals surface area contributed by atoms with E-state index in [2.05, 4.69) is 5.32 Å². The fourth-order valence-corrected chi connectivity index (χ4v) is 2.59. The van der Waals surface area contributed by atoms with Gasteiger partial charge in [-0.3, -0.25) is 4.79 Å². The summed E-state index contributed by atoms with van der Waals surface area (Å²) in [5.74, 6) is -0.123. The van der Waals surface area contributed by atoms with E-state index in [1.807, 2.05) is 54.6 Å². The molecule has 0 saturated heterocycles. The quantitative estimate of drug-likeness (QED) is 0.825. The summed E-state index contributed by atoms with van der Waals surface area (Å²) in [5.41, 5.74) is 3.39. The van der Waals surface area contributed by atoms with Crippen LogP contribution < -0.4 is 5.32 Å². The Balaban J connectivity index is 2.00. The molecule has 1 aliphatic rings. The second kappa shape index (κ2) is 4.90. The number of hydrogen-bond donors (Lipinski definition) is 1. The molecule has 0 aromatic heterocycles. The zero-order chi connectivity index (χ0) is 13.2. The van der Waals surface area contributed by atoms with Gasteiger partial charge in [0.25, 0.3) is 5.91 Å². The Labute approximate surface area is 116 Å². The maximum absolute atomic E-state index is 12.0. The van der Waals surface area contributed by atoms with Gasteiger partial charge >= 0.3 is 0 Å². The Morgan fingerprint density at radius 3 is 2.47 bits per heavy atom. The summed E-state index contributed by atoms with van der Waals surface area (Å²) in [6.45, 7) is 0. The highest BCUT2D eigenvalue weighted by Gasteiger charge is 2.26. The first-order chi connectivity index (χ1) is 9.25. The molecular formula is C16H12ClNO. The van der Waals surface area contributed by atoms with Gasteiger partial charge in [-0.05, 0) is 11.6 Å². The number of allylic oxidation sites excluding steroid dienone is 1. The van der Waals surface area contributed by atoms with Crippen molar-refractivity contribution in [2.75, 3.05) is 5.32 Å². The van der Waals surface area contributed by atoms with Crippen LogP contribution >= 0.6 is 11.6 Å². The molecule has 0 spiro atoms. The number of para-hydroxylation sites is 1. The molecule has 2 aromatic rings. The van der Waals surface area contributed by atoms with Gasteiger partial charge in [-0.15, -0.1) is 0 Å². The van der Waals surface area contributed by atoms with Crippen molar-refractivity contribution in [3.05, 3.63) is 70.8 Å². The SMILES string of the molecule is O=C1Nc2ccccc2/C1=C(\Cl)Cc1ccccc1. The van der Waals surface area contributed by atoms with E-state index in [1.165, 1.54) is 0 Å². The number of amides is 1. The Hall–Kier alpha value is -2.06. The van der Waals surface area contributed by atoms with Gasteiger partial charge in [0.1, 0.15) is 0 Å². The molecule has 1 N–H and O–H groups in total. The van der Waals surface area contributed by atoms with E-state index in [4.69, 9.17) is 11.6 Å². The number of rotatable bonds is 2. The average molecular weight is 270 g/mol. The van der Waals surface area contributed by atoms with Crippen molar-refractivity contribution in [1.29, 1.82) is 0 Å². The summed E-state index contributed by atoms with van der Waals surface area (Å²) in [6, 6.07) is 17.5. The van der Waals surface area contributed by atoms with Crippen LogP contribution in [0, 0.1) is 0 Å². The smallest absolute Gasteiger partial charge is 0.257 e. The summed E-state index contributed by atoms with van der Waals surface area (Å²) in [4.78, 5) is 12.0. The second-order valence-electron chi connectivity index (χ2n) is 4.44. The van der Waals surface area contributed by atoms with Gasteiger partial charge in [-0.25, -0.2) is 0 Å². The van der Waals surface area contributed by atoms with E-state index in [9.17, 15) is 4.79 Å². The lowest BCUT2D eigenvalue weighted by Crippen LogP contribution is -2.05. The number of carbonyl (C=O) groups excluding carboxylic acids is 1. The standard InChI is InChI=1S/C16H12ClNO/c17-13(10-11-6-2-1-3-7-11)15-12-8-4-5-9-14(12)18-16(15)19/h1-9H,10H2,(H,18,19)/b15-13+. The largest absolute Gasteiger partial charge is 0.321 e. The molecule has 19 heavy (non-hydrogen) atoms. The zero-order valence-corrected chi connectivity index (χ0v) is 10.9. The van der Waals surface area contributed by atoms with Crippen molar-refractivity contribution in [3.8, 4) is 0 Å². The van der Waals surface area contributed by atoms with Crippen molar-refractivity contribution >= 4 is 28.8 Å². The molecule has 3 heteroatoms. The van der Waals surface area contributed by atoms with Crippen LogP contribution in [0.15, 0.2) is 59.6 Å². The number of hydrogen-bond acceptors (Lipinski definition) is 1. The molecule has 2 nitrogen and oxygen atoms in total. The Morgan fingerprint density at radius 1 is 1.00 bits per heavy atom. The fourth-order valence-electron chi connectivity index (χ4n) is 2.25. The molecule has 2 aromatic carbocycles. The van der Waals surface area contributed by atoms with E-state index in [0.717, 1.165) is 16.8 Å².